The molecular weight excluding hydrogens is 129 g/mol. The molecule has 0 aliphatic carbocycles. The number of hydrogen-bond donors (Lipinski definition) is 0. The van der Waals surface area contributed by atoms with E-state index in [4.69, 9.17) is 0 Å². The van der Waals surface area contributed by atoms with Crippen LogP contribution >= 0.6 is 0 Å². The predicted molar refractivity (Wildman–Crippen MR) is 32.2 cm³/mol. The number of halogens is 3. The highest BCUT2D eigenvalue weighted by molar-refractivity contribution is 4.70. The van der Waals surface area contributed by atoms with Crippen molar-refractivity contribution in [2.24, 2.45) is 5.41 Å². The molecule has 0 bridgehead atoms. The molecule has 0 spiro atoms. The maximum atomic E-state index is 11.6. The van der Waals surface area contributed by atoms with Gasteiger partial charge in [0.15, 0.2) is 0 Å². The second kappa shape index (κ2) is 2.58. The van der Waals surface area contributed by atoms with E-state index in [9.17, 15) is 13.2 Å². The highest BCUT2D eigenvalue weighted by atomic mass is 19.4. The maximum absolute atomic E-state index is 11.6. The first-order valence-electron chi connectivity index (χ1n) is 2.32. The van der Waals surface area contributed by atoms with Gasteiger partial charge in [0.25, 0.3) is 0 Å². The molecule has 0 saturated carbocycles. The molecule has 9 heavy (non-hydrogen) atoms. The van der Waals surface area contributed by atoms with Gasteiger partial charge in [0.1, 0.15) is 0 Å². The van der Waals surface area contributed by atoms with E-state index in [-0.39, 0.29) is 7.43 Å². The van der Waals surface area contributed by atoms with Crippen LogP contribution in [0.25, 0.3) is 0 Å². The molecule has 0 fully saturated rings. The Labute approximate surface area is 54.1 Å². The summed E-state index contributed by atoms with van der Waals surface area (Å²) in [6, 6.07) is 0. The zero-order chi connectivity index (χ0) is 7.00. The van der Waals surface area contributed by atoms with Gasteiger partial charge in [-0.2, -0.15) is 13.2 Å². The number of hydrogen-bond acceptors (Lipinski definition) is 0. The Morgan fingerprint density at radius 3 is 1.00 bits per heavy atom. The summed E-state index contributed by atoms with van der Waals surface area (Å²) in [6.45, 7) is 3.44. The summed E-state index contributed by atoms with van der Waals surface area (Å²) in [5.74, 6) is 0. The topological polar surface area (TPSA) is 0 Å². The third-order valence-electron chi connectivity index (χ3n) is 0.850. The van der Waals surface area contributed by atoms with E-state index in [2.05, 4.69) is 0 Å². The molecule has 58 valence electrons. The zero-order valence-corrected chi connectivity index (χ0v) is 5.13. The SMILES string of the molecule is C.CC(C)(C)C(F)(F)F. The van der Waals surface area contributed by atoms with Gasteiger partial charge in [-0.15, -0.1) is 0 Å². The zero-order valence-electron chi connectivity index (χ0n) is 5.13. The lowest BCUT2D eigenvalue weighted by Gasteiger charge is -2.21. The van der Waals surface area contributed by atoms with Crippen molar-refractivity contribution < 1.29 is 13.2 Å². The van der Waals surface area contributed by atoms with Crippen molar-refractivity contribution in [1.82, 2.24) is 0 Å². The minimum Gasteiger partial charge on any atom is -0.171 e. The molecule has 0 atom stereocenters. The lowest BCUT2D eigenvalue weighted by Crippen LogP contribution is -2.28. The minimum atomic E-state index is -4.06. The Hall–Kier alpha value is -0.210. The van der Waals surface area contributed by atoms with Gasteiger partial charge >= 0.3 is 6.18 Å². The quantitative estimate of drug-likeness (QED) is 0.487. The fourth-order valence-electron chi connectivity index (χ4n) is 0. The highest BCUT2D eigenvalue weighted by Crippen LogP contribution is 2.36. The van der Waals surface area contributed by atoms with Gasteiger partial charge in [-0.25, -0.2) is 0 Å². The van der Waals surface area contributed by atoms with E-state index in [0.29, 0.717) is 0 Å². The summed E-state index contributed by atoms with van der Waals surface area (Å²) in [5.41, 5.74) is -1.56. The Kier molecular flexibility index (Phi) is 3.32. The molecule has 0 aliphatic rings. The molecule has 0 unspecified atom stereocenters. The van der Waals surface area contributed by atoms with Gasteiger partial charge in [0.2, 0.25) is 0 Å². The Morgan fingerprint density at radius 1 is 0.889 bits per heavy atom. The van der Waals surface area contributed by atoms with Crippen LogP contribution in [-0.4, -0.2) is 6.18 Å². The summed E-state index contributed by atoms with van der Waals surface area (Å²) < 4.78 is 34.7. The lowest BCUT2D eigenvalue weighted by atomic mass is 9.96. The van der Waals surface area contributed by atoms with Gasteiger partial charge in [-0.1, -0.05) is 28.2 Å². The molecule has 0 amide bonds. The van der Waals surface area contributed by atoms with Crippen LogP contribution in [0.3, 0.4) is 0 Å². The summed E-state index contributed by atoms with van der Waals surface area (Å²) in [7, 11) is 0. The first-order chi connectivity index (χ1) is 3.25. The van der Waals surface area contributed by atoms with Gasteiger partial charge in [-0.05, 0) is 0 Å². The van der Waals surface area contributed by atoms with Crippen molar-refractivity contribution in [3.63, 3.8) is 0 Å². The van der Waals surface area contributed by atoms with E-state index in [1.165, 1.54) is 0 Å². The van der Waals surface area contributed by atoms with E-state index < -0.39 is 11.6 Å². The van der Waals surface area contributed by atoms with E-state index in [1.54, 1.807) is 0 Å². The molecule has 0 rings (SSSR count). The van der Waals surface area contributed by atoms with Gasteiger partial charge in [-0.3, -0.25) is 0 Å². The Morgan fingerprint density at radius 2 is 1.00 bits per heavy atom. The molecule has 0 aromatic heterocycles. The molecule has 0 aromatic rings. The Bertz CT molecular complexity index is 63.3. The molecular formula is C6H13F3. The molecule has 0 N–H and O–H groups in total. The summed E-state index contributed by atoms with van der Waals surface area (Å²) >= 11 is 0. The average Bonchev–Trinajstić information content (AvgIpc) is 1.25. The smallest absolute Gasteiger partial charge is 0.171 e. The summed E-state index contributed by atoms with van der Waals surface area (Å²) in [4.78, 5) is 0. The third-order valence-corrected chi connectivity index (χ3v) is 0.850. The fourth-order valence-corrected chi connectivity index (χ4v) is 0. The first-order valence-corrected chi connectivity index (χ1v) is 2.32. The van der Waals surface area contributed by atoms with Crippen molar-refractivity contribution in [2.75, 3.05) is 0 Å². The molecule has 3 heteroatoms. The van der Waals surface area contributed by atoms with Crippen LogP contribution in [0, 0.1) is 5.41 Å². The van der Waals surface area contributed by atoms with Crippen molar-refractivity contribution in [3.8, 4) is 0 Å². The van der Waals surface area contributed by atoms with Crippen LogP contribution in [0.4, 0.5) is 13.2 Å². The number of alkyl halides is 3. The van der Waals surface area contributed by atoms with Crippen LogP contribution in [-0.2, 0) is 0 Å². The number of rotatable bonds is 0. The van der Waals surface area contributed by atoms with Gasteiger partial charge in [0.05, 0.1) is 5.41 Å². The lowest BCUT2D eigenvalue weighted by molar-refractivity contribution is -0.204. The van der Waals surface area contributed by atoms with Gasteiger partial charge in [0, 0.05) is 0 Å². The minimum absolute atomic E-state index is 0. The highest BCUT2D eigenvalue weighted by Gasteiger charge is 2.42. The van der Waals surface area contributed by atoms with Crippen LogP contribution in [0.2, 0.25) is 0 Å². The molecule has 0 aliphatic heterocycles. The fraction of sp³-hybridized carbons (Fsp3) is 1.00. The maximum Gasteiger partial charge on any atom is 0.393 e. The van der Waals surface area contributed by atoms with Crippen LogP contribution in [0.5, 0.6) is 0 Å². The Balaban J connectivity index is 0. The third kappa shape index (κ3) is 3.38. The molecule has 0 heterocycles. The largest absolute Gasteiger partial charge is 0.393 e. The summed E-state index contributed by atoms with van der Waals surface area (Å²) in [5, 5.41) is 0. The van der Waals surface area contributed by atoms with Gasteiger partial charge < -0.3 is 0 Å². The predicted octanol–water partition coefficient (Wildman–Crippen LogP) is 3.23. The average molecular weight is 142 g/mol. The van der Waals surface area contributed by atoms with Crippen molar-refractivity contribution in [3.05, 3.63) is 0 Å². The monoisotopic (exact) mass is 142 g/mol. The normalized spacial score (nSPS) is 12.7. The van der Waals surface area contributed by atoms with Crippen LogP contribution in [0.15, 0.2) is 0 Å². The summed E-state index contributed by atoms with van der Waals surface area (Å²) in [6.07, 6.45) is -4.06. The standard InChI is InChI=1S/C5H9F3.CH4/c1-4(2,3)5(6,7)8;/h1-3H3;1H4. The van der Waals surface area contributed by atoms with Crippen molar-refractivity contribution in [2.45, 2.75) is 34.4 Å². The van der Waals surface area contributed by atoms with E-state index >= 15 is 0 Å². The molecule has 0 radical (unpaired) electrons. The second-order valence-corrected chi connectivity index (χ2v) is 2.75. The first kappa shape index (κ1) is 11.6. The molecule has 0 aromatic carbocycles. The molecule has 0 nitrogen and oxygen atoms in total. The van der Waals surface area contributed by atoms with E-state index in [1.807, 2.05) is 0 Å². The van der Waals surface area contributed by atoms with Crippen molar-refractivity contribution in [1.29, 1.82) is 0 Å². The van der Waals surface area contributed by atoms with Crippen molar-refractivity contribution >= 4 is 0 Å². The second-order valence-electron chi connectivity index (χ2n) is 2.75. The van der Waals surface area contributed by atoms with Crippen LogP contribution < -0.4 is 0 Å². The van der Waals surface area contributed by atoms with Crippen LogP contribution in [0.1, 0.15) is 28.2 Å². The van der Waals surface area contributed by atoms with E-state index in [0.717, 1.165) is 20.8 Å². The molecule has 0 saturated heterocycles.